The molecule has 0 saturated heterocycles. The normalized spacial score (nSPS) is 22.3. The third kappa shape index (κ3) is 1.73. The van der Waals surface area contributed by atoms with E-state index in [0.717, 1.165) is 36.2 Å². The maximum absolute atomic E-state index is 6.08. The van der Waals surface area contributed by atoms with Gasteiger partial charge < -0.3 is 5.73 Å². The average Bonchev–Trinajstić information content (AvgIpc) is 2.93. The lowest BCUT2D eigenvalue weighted by molar-refractivity contribution is 0.267. The van der Waals surface area contributed by atoms with Gasteiger partial charge in [-0.25, -0.2) is 9.98 Å². The molecule has 1 aliphatic carbocycles. The molecule has 2 heterocycles. The van der Waals surface area contributed by atoms with Crippen LogP contribution < -0.4 is 11.1 Å². The molecule has 0 radical (unpaired) electrons. The molecule has 0 bridgehead atoms. The van der Waals surface area contributed by atoms with Crippen molar-refractivity contribution < 1.29 is 0 Å². The first-order chi connectivity index (χ1) is 11.3. The van der Waals surface area contributed by atoms with Crippen LogP contribution in [0.4, 0.5) is 5.95 Å². The second-order valence-electron chi connectivity index (χ2n) is 6.31. The standard InChI is InChI=1S/C18H17N5/c19-16-21-17-20-14-7-3-4-8-15(14)23(17)18(22-16)10-9-12-5-1-2-6-13(12)11-18/h1-8H,9-11H2,(H3,19,20,21,22)/t18-/m0/s1. The predicted molar refractivity (Wildman–Crippen MR) is 91.4 cm³/mol. The van der Waals surface area contributed by atoms with Crippen LogP contribution in [-0.2, 0) is 18.5 Å². The molecule has 1 atom stereocenters. The fraction of sp³-hybridized carbons (Fsp3) is 0.222. The Hall–Kier alpha value is -2.82. The molecule has 2 aromatic carbocycles. The molecule has 5 heteroatoms. The van der Waals surface area contributed by atoms with Gasteiger partial charge >= 0.3 is 0 Å². The van der Waals surface area contributed by atoms with Crippen molar-refractivity contribution in [3.63, 3.8) is 0 Å². The Kier molecular flexibility index (Phi) is 2.40. The smallest absolute Gasteiger partial charge is 0.212 e. The monoisotopic (exact) mass is 303 g/mol. The van der Waals surface area contributed by atoms with Gasteiger partial charge in [0.25, 0.3) is 0 Å². The summed E-state index contributed by atoms with van der Waals surface area (Å²) >= 11 is 0. The topological polar surface area (TPSA) is 68.2 Å². The van der Waals surface area contributed by atoms with Crippen LogP contribution in [0.2, 0.25) is 0 Å². The van der Waals surface area contributed by atoms with E-state index in [4.69, 9.17) is 15.7 Å². The van der Waals surface area contributed by atoms with E-state index in [0.29, 0.717) is 5.96 Å². The molecule has 0 saturated carbocycles. The lowest BCUT2D eigenvalue weighted by Gasteiger charge is -2.40. The number of anilines is 1. The molecule has 2 aliphatic rings. The maximum Gasteiger partial charge on any atom is 0.212 e. The molecule has 5 rings (SSSR count). The van der Waals surface area contributed by atoms with Crippen molar-refractivity contribution in [1.82, 2.24) is 9.55 Å². The minimum atomic E-state index is -0.380. The molecule has 3 aromatic rings. The zero-order valence-electron chi connectivity index (χ0n) is 12.7. The van der Waals surface area contributed by atoms with Crippen LogP contribution in [0.5, 0.6) is 0 Å². The van der Waals surface area contributed by atoms with Gasteiger partial charge in [0, 0.05) is 6.42 Å². The number of nitrogens with one attached hydrogen (secondary N) is 1. The molecule has 114 valence electrons. The number of rotatable bonds is 0. The van der Waals surface area contributed by atoms with Gasteiger partial charge in [0.1, 0.15) is 5.66 Å². The first-order valence-electron chi connectivity index (χ1n) is 7.92. The lowest BCUT2D eigenvalue weighted by Crippen LogP contribution is -2.45. The Morgan fingerprint density at radius 1 is 1.04 bits per heavy atom. The van der Waals surface area contributed by atoms with Crippen LogP contribution in [0, 0.1) is 0 Å². The Morgan fingerprint density at radius 3 is 2.74 bits per heavy atom. The van der Waals surface area contributed by atoms with Crippen molar-refractivity contribution in [2.45, 2.75) is 24.9 Å². The van der Waals surface area contributed by atoms with Gasteiger partial charge in [0.05, 0.1) is 11.0 Å². The maximum atomic E-state index is 6.08. The number of guanidine groups is 1. The van der Waals surface area contributed by atoms with Crippen molar-refractivity contribution in [2.75, 3.05) is 5.32 Å². The average molecular weight is 303 g/mol. The Balaban J connectivity index is 1.76. The van der Waals surface area contributed by atoms with Crippen LogP contribution in [-0.4, -0.2) is 15.5 Å². The first-order valence-corrected chi connectivity index (χ1v) is 7.92. The summed E-state index contributed by atoms with van der Waals surface area (Å²) in [7, 11) is 0. The predicted octanol–water partition coefficient (Wildman–Crippen LogP) is 2.62. The van der Waals surface area contributed by atoms with Gasteiger partial charge in [0.2, 0.25) is 5.95 Å². The fourth-order valence-corrected chi connectivity index (χ4v) is 3.94. The molecule has 1 spiro atoms. The van der Waals surface area contributed by atoms with E-state index < -0.39 is 0 Å². The first kappa shape index (κ1) is 12.7. The van der Waals surface area contributed by atoms with Crippen molar-refractivity contribution in [3.05, 3.63) is 59.7 Å². The zero-order valence-corrected chi connectivity index (χ0v) is 12.7. The summed E-state index contributed by atoms with van der Waals surface area (Å²) in [5.74, 6) is 1.24. The number of benzene rings is 2. The molecule has 3 N–H and O–H groups in total. The van der Waals surface area contributed by atoms with Gasteiger partial charge in [-0.1, -0.05) is 36.4 Å². The number of imidazole rings is 1. The molecule has 1 aromatic heterocycles. The number of aryl methyl sites for hydroxylation is 1. The summed E-state index contributed by atoms with van der Waals surface area (Å²) in [4.78, 5) is 9.54. The third-order valence-electron chi connectivity index (χ3n) is 4.93. The molecule has 23 heavy (non-hydrogen) atoms. The van der Waals surface area contributed by atoms with E-state index in [1.165, 1.54) is 11.1 Å². The van der Waals surface area contributed by atoms with Crippen molar-refractivity contribution in [1.29, 1.82) is 0 Å². The third-order valence-corrected chi connectivity index (χ3v) is 4.93. The SMILES string of the molecule is NC1=N[C@@]2(CCc3ccccc3C2)n2c(nc3ccccc32)N1. The molecule has 0 unspecified atom stereocenters. The lowest BCUT2D eigenvalue weighted by atomic mass is 9.83. The summed E-state index contributed by atoms with van der Waals surface area (Å²) in [5, 5.41) is 3.12. The van der Waals surface area contributed by atoms with E-state index in [1.54, 1.807) is 0 Å². The van der Waals surface area contributed by atoms with E-state index in [9.17, 15) is 0 Å². The molecule has 5 nitrogen and oxygen atoms in total. The number of nitrogens with two attached hydrogens (primary N) is 1. The minimum Gasteiger partial charge on any atom is -0.370 e. The number of hydrogen-bond acceptors (Lipinski definition) is 4. The quantitative estimate of drug-likeness (QED) is 0.671. The highest BCUT2D eigenvalue weighted by Gasteiger charge is 2.41. The van der Waals surface area contributed by atoms with Crippen molar-refractivity contribution >= 4 is 22.9 Å². The summed E-state index contributed by atoms with van der Waals surface area (Å²) in [5.41, 5.74) is 10.5. The molecule has 1 aliphatic heterocycles. The number of aliphatic imine (C=N–C) groups is 1. The van der Waals surface area contributed by atoms with E-state index in [2.05, 4.69) is 40.2 Å². The van der Waals surface area contributed by atoms with Crippen molar-refractivity contribution in [3.8, 4) is 0 Å². The van der Waals surface area contributed by atoms with Gasteiger partial charge in [-0.3, -0.25) is 9.88 Å². The highest BCUT2D eigenvalue weighted by molar-refractivity contribution is 5.94. The number of para-hydroxylation sites is 2. The number of hydrogen-bond donors (Lipinski definition) is 2. The highest BCUT2D eigenvalue weighted by atomic mass is 15.4. The summed E-state index contributed by atoms with van der Waals surface area (Å²) < 4.78 is 2.23. The Labute approximate surface area is 133 Å². The Morgan fingerprint density at radius 2 is 1.83 bits per heavy atom. The fourth-order valence-electron chi connectivity index (χ4n) is 3.94. The molecule has 0 fully saturated rings. The van der Waals surface area contributed by atoms with Crippen LogP contribution in [0.1, 0.15) is 17.5 Å². The van der Waals surface area contributed by atoms with Crippen LogP contribution in [0.15, 0.2) is 53.5 Å². The number of nitrogens with zero attached hydrogens (tertiary/aromatic N) is 3. The largest absolute Gasteiger partial charge is 0.370 e. The zero-order chi connectivity index (χ0) is 15.4. The highest BCUT2D eigenvalue weighted by Crippen LogP contribution is 2.41. The minimum absolute atomic E-state index is 0.380. The summed E-state index contributed by atoms with van der Waals surface area (Å²) in [6.07, 6.45) is 2.78. The van der Waals surface area contributed by atoms with Gasteiger partial charge in [-0.05, 0) is 36.1 Å². The van der Waals surface area contributed by atoms with E-state index in [-0.39, 0.29) is 5.66 Å². The molecular weight excluding hydrogens is 286 g/mol. The second kappa shape index (κ2) is 4.35. The number of aromatic nitrogens is 2. The molecular formula is C18H17N5. The Bertz CT molecular complexity index is 955. The summed E-state index contributed by atoms with van der Waals surface area (Å²) in [6.45, 7) is 0. The van der Waals surface area contributed by atoms with Gasteiger partial charge in [-0.2, -0.15) is 0 Å². The van der Waals surface area contributed by atoms with Crippen LogP contribution in [0.3, 0.4) is 0 Å². The van der Waals surface area contributed by atoms with Crippen LogP contribution >= 0.6 is 0 Å². The second-order valence-corrected chi connectivity index (χ2v) is 6.31. The van der Waals surface area contributed by atoms with E-state index in [1.807, 2.05) is 18.2 Å². The van der Waals surface area contributed by atoms with Crippen molar-refractivity contribution in [2.24, 2.45) is 10.7 Å². The van der Waals surface area contributed by atoms with E-state index >= 15 is 0 Å². The number of fused-ring (bicyclic) bond motifs is 5. The summed E-state index contributed by atoms with van der Waals surface area (Å²) in [6, 6.07) is 16.8. The van der Waals surface area contributed by atoms with Gasteiger partial charge in [-0.15, -0.1) is 0 Å². The molecule has 0 amide bonds. The van der Waals surface area contributed by atoms with Gasteiger partial charge in [0.15, 0.2) is 5.96 Å². The van der Waals surface area contributed by atoms with Crippen LogP contribution in [0.25, 0.3) is 11.0 Å².